The average Bonchev–Trinajstić information content (AvgIpc) is 3.30. The van der Waals surface area contributed by atoms with E-state index in [0.717, 1.165) is 50.0 Å². The standard InChI is InChI=1S/C23H30FN5O/c24-21-8-3-6-18(14-21)20-15-26-23(27-16-20)29-13-4-7-19(17-29)22(30)25-9-5-12-28-10-1-2-11-28/h3,6,8,14-16,19H,1-2,4-5,7,9-13,17H2,(H,25,30)/t19-/m0/s1. The number of likely N-dealkylation sites (tertiary alicyclic amines) is 1. The summed E-state index contributed by atoms with van der Waals surface area (Å²) in [6.45, 7) is 5.69. The Morgan fingerprint density at radius 2 is 1.90 bits per heavy atom. The monoisotopic (exact) mass is 411 g/mol. The van der Waals surface area contributed by atoms with Crippen molar-refractivity contribution in [3.05, 3.63) is 42.5 Å². The molecule has 0 radical (unpaired) electrons. The summed E-state index contributed by atoms with van der Waals surface area (Å²) >= 11 is 0. The zero-order chi connectivity index (χ0) is 20.8. The zero-order valence-corrected chi connectivity index (χ0v) is 17.4. The lowest BCUT2D eigenvalue weighted by Gasteiger charge is -2.32. The van der Waals surface area contributed by atoms with Crippen LogP contribution >= 0.6 is 0 Å². The Kier molecular flexibility index (Phi) is 6.89. The topological polar surface area (TPSA) is 61.4 Å². The van der Waals surface area contributed by atoms with E-state index in [9.17, 15) is 9.18 Å². The van der Waals surface area contributed by atoms with Crippen LogP contribution in [0.5, 0.6) is 0 Å². The molecule has 1 amide bonds. The van der Waals surface area contributed by atoms with E-state index in [1.165, 1.54) is 38.1 Å². The van der Waals surface area contributed by atoms with E-state index >= 15 is 0 Å². The lowest BCUT2D eigenvalue weighted by atomic mass is 9.97. The Balaban J connectivity index is 1.28. The molecule has 1 N–H and O–H groups in total. The largest absolute Gasteiger partial charge is 0.356 e. The second-order valence-corrected chi connectivity index (χ2v) is 8.26. The van der Waals surface area contributed by atoms with Gasteiger partial charge in [-0.1, -0.05) is 12.1 Å². The van der Waals surface area contributed by atoms with Crippen LogP contribution in [0.3, 0.4) is 0 Å². The lowest BCUT2D eigenvalue weighted by Crippen LogP contribution is -2.44. The Morgan fingerprint density at radius 1 is 1.10 bits per heavy atom. The van der Waals surface area contributed by atoms with E-state index < -0.39 is 0 Å². The van der Waals surface area contributed by atoms with Crippen molar-refractivity contribution in [1.29, 1.82) is 0 Å². The number of carbonyl (C=O) groups excluding carboxylic acids is 1. The van der Waals surface area contributed by atoms with Crippen LogP contribution in [-0.2, 0) is 4.79 Å². The summed E-state index contributed by atoms with van der Waals surface area (Å²) in [6.07, 6.45) is 8.90. The summed E-state index contributed by atoms with van der Waals surface area (Å²) in [5.41, 5.74) is 1.54. The van der Waals surface area contributed by atoms with Crippen molar-refractivity contribution in [2.45, 2.75) is 32.1 Å². The molecule has 1 atom stereocenters. The first-order chi connectivity index (χ1) is 14.7. The van der Waals surface area contributed by atoms with Crippen molar-refractivity contribution in [2.75, 3.05) is 44.2 Å². The van der Waals surface area contributed by atoms with Crippen LogP contribution in [0.1, 0.15) is 32.1 Å². The fourth-order valence-corrected chi connectivity index (χ4v) is 4.34. The molecule has 1 aromatic heterocycles. The van der Waals surface area contributed by atoms with Gasteiger partial charge in [0.25, 0.3) is 0 Å². The third-order valence-corrected chi connectivity index (χ3v) is 6.02. The minimum Gasteiger partial charge on any atom is -0.356 e. The summed E-state index contributed by atoms with van der Waals surface area (Å²) in [4.78, 5) is 26.1. The molecule has 160 valence electrons. The summed E-state index contributed by atoms with van der Waals surface area (Å²) in [5, 5.41) is 3.12. The summed E-state index contributed by atoms with van der Waals surface area (Å²) in [7, 11) is 0. The zero-order valence-electron chi connectivity index (χ0n) is 17.4. The first-order valence-corrected chi connectivity index (χ1v) is 11.0. The molecular weight excluding hydrogens is 381 g/mol. The fourth-order valence-electron chi connectivity index (χ4n) is 4.34. The smallest absolute Gasteiger partial charge is 0.225 e. The summed E-state index contributed by atoms with van der Waals surface area (Å²) in [5.74, 6) is 0.457. The van der Waals surface area contributed by atoms with Crippen molar-refractivity contribution in [1.82, 2.24) is 20.2 Å². The molecule has 2 aliphatic heterocycles. The third kappa shape index (κ3) is 5.33. The molecular formula is C23H30FN5O. The molecule has 0 saturated carbocycles. The summed E-state index contributed by atoms with van der Waals surface area (Å²) in [6, 6.07) is 6.41. The van der Waals surface area contributed by atoms with Crippen LogP contribution in [0.15, 0.2) is 36.7 Å². The molecule has 7 heteroatoms. The van der Waals surface area contributed by atoms with Crippen molar-refractivity contribution in [3.63, 3.8) is 0 Å². The van der Waals surface area contributed by atoms with Gasteiger partial charge in [-0.05, 0) is 69.4 Å². The molecule has 3 heterocycles. The molecule has 30 heavy (non-hydrogen) atoms. The van der Waals surface area contributed by atoms with E-state index in [1.54, 1.807) is 18.5 Å². The van der Waals surface area contributed by atoms with Crippen molar-refractivity contribution >= 4 is 11.9 Å². The van der Waals surface area contributed by atoms with Crippen LogP contribution < -0.4 is 10.2 Å². The van der Waals surface area contributed by atoms with E-state index in [4.69, 9.17) is 0 Å². The minimum absolute atomic E-state index is 0.0305. The van der Waals surface area contributed by atoms with Gasteiger partial charge in [0.1, 0.15) is 5.82 Å². The van der Waals surface area contributed by atoms with E-state index in [0.29, 0.717) is 12.5 Å². The van der Waals surface area contributed by atoms with Crippen LogP contribution in [-0.4, -0.2) is 60.0 Å². The first kappa shape index (κ1) is 20.7. The first-order valence-electron chi connectivity index (χ1n) is 11.0. The third-order valence-electron chi connectivity index (χ3n) is 6.02. The van der Waals surface area contributed by atoms with Crippen LogP contribution in [0.25, 0.3) is 11.1 Å². The van der Waals surface area contributed by atoms with Gasteiger partial charge in [-0.2, -0.15) is 0 Å². The molecule has 2 aromatic rings. The highest BCUT2D eigenvalue weighted by atomic mass is 19.1. The van der Waals surface area contributed by atoms with Gasteiger partial charge in [0.2, 0.25) is 11.9 Å². The quantitative estimate of drug-likeness (QED) is 0.710. The van der Waals surface area contributed by atoms with Gasteiger partial charge in [-0.3, -0.25) is 4.79 Å². The number of rotatable bonds is 7. The minimum atomic E-state index is -0.276. The van der Waals surface area contributed by atoms with E-state index in [1.807, 2.05) is 6.07 Å². The summed E-state index contributed by atoms with van der Waals surface area (Å²) < 4.78 is 13.4. The number of benzene rings is 1. The number of aromatic nitrogens is 2. The highest BCUT2D eigenvalue weighted by Gasteiger charge is 2.27. The van der Waals surface area contributed by atoms with Crippen LogP contribution in [0, 0.1) is 11.7 Å². The molecule has 0 bridgehead atoms. The number of halogens is 1. The highest BCUT2D eigenvalue weighted by molar-refractivity contribution is 5.79. The van der Waals surface area contributed by atoms with Crippen molar-refractivity contribution in [2.24, 2.45) is 5.92 Å². The molecule has 0 spiro atoms. The molecule has 4 rings (SSSR count). The number of hydrogen-bond acceptors (Lipinski definition) is 5. The second-order valence-electron chi connectivity index (χ2n) is 8.26. The van der Waals surface area contributed by atoms with Gasteiger partial charge in [0.05, 0.1) is 5.92 Å². The van der Waals surface area contributed by atoms with Gasteiger partial charge in [-0.25, -0.2) is 14.4 Å². The lowest BCUT2D eigenvalue weighted by molar-refractivity contribution is -0.125. The molecule has 1 aromatic carbocycles. The van der Waals surface area contributed by atoms with Crippen molar-refractivity contribution in [3.8, 4) is 11.1 Å². The predicted octanol–water partition coefficient (Wildman–Crippen LogP) is 3.10. The normalized spacial score (nSPS) is 19.8. The Morgan fingerprint density at radius 3 is 2.67 bits per heavy atom. The molecule has 2 fully saturated rings. The van der Waals surface area contributed by atoms with Crippen LogP contribution in [0.2, 0.25) is 0 Å². The molecule has 0 aliphatic carbocycles. The van der Waals surface area contributed by atoms with Gasteiger partial charge in [0.15, 0.2) is 0 Å². The second kappa shape index (κ2) is 9.98. The van der Waals surface area contributed by atoms with Gasteiger partial charge >= 0.3 is 0 Å². The molecule has 2 aliphatic rings. The molecule has 2 saturated heterocycles. The van der Waals surface area contributed by atoms with Gasteiger partial charge in [-0.15, -0.1) is 0 Å². The highest BCUT2D eigenvalue weighted by Crippen LogP contribution is 2.23. The number of hydrogen-bond donors (Lipinski definition) is 1. The number of nitrogens with zero attached hydrogens (tertiary/aromatic N) is 4. The SMILES string of the molecule is O=C(NCCCN1CCCC1)[C@H]1CCCN(c2ncc(-c3cccc(F)c3)cn2)C1. The van der Waals surface area contributed by atoms with Crippen molar-refractivity contribution < 1.29 is 9.18 Å². The average molecular weight is 412 g/mol. The molecule has 6 nitrogen and oxygen atoms in total. The van der Waals surface area contributed by atoms with Gasteiger partial charge < -0.3 is 15.1 Å². The van der Waals surface area contributed by atoms with E-state index in [-0.39, 0.29) is 17.6 Å². The maximum atomic E-state index is 13.4. The predicted molar refractivity (Wildman–Crippen MR) is 116 cm³/mol. The number of carbonyl (C=O) groups is 1. The number of piperidine rings is 1. The maximum Gasteiger partial charge on any atom is 0.225 e. The van der Waals surface area contributed by atoms with Crippen LogP contribution in [0.4, 0.5) is 10.3 Å². The Hall–Kier alpha value is -2.54. The maximum absolute atomic E-state index is 13.4. The number of amides is 1. The number of nitrogens with one attached hydrogen (secondary N) is 1. The molecule has 0 unspecified atom stereocenters. The Labute approximate surface area is 177 Å². The Bertz CT molecular complexity index is 838. The van der Waals surface area contributed by atoms with E-state index in [2.05, 4.69) is 25.1 Å². The van der Waals surface area contributed by atoms with Gasteiger partial charge in [0, 0.05) is 37.6 Å². The fraction of sp³-hybridized carbons (Fsp3) is 0.522. The number of anilines is 1.